The van der Waals surface area contributed by atoms with Gasteiger partial charge in [-0.25, -0.2) is 4.98 Å². The summed E-state index contributed by atoms with van der Waals surface area (Å²) in [7, 11) is 0. The summed E-state index contributed by atoms with van der Waals surface area (Å²) in [6, 6.07) is 0. The Balaban J connectivity index is 1.84. The molecule has 1 aromatic rings. The molecule has 0 radical (unpaired) electrons. The molecule has 4 heteroatoms. The summed E-state index contributed by atoms with van der Waals surface area (Å²) >= 11 is 1.73. The van der Waals surface area contributed by atoms with Gasteiger partial charge in [0.25, 0.3) is 0 Å². The highest BCUT2D eigenvalue weighted by Crippen LogP contribution is 2.25. The fourth-order valence-corrected chi connectivity index (χ4v) is 2.72. The fraction of sp³-hybridized carbons (Fsp3) is 0.700. The van der Waals surface area contributed by atoms with Gasteiger partial charge in [0, 0.05) is 24.7 Å². The second-order valence-corrected chi connectivity index (χ2v) is 4.70. The normalized spacial score (nSPS) is 18.8. The molecule has 0 spiro atoms. The van der Waals surface area contributed by atoms with Crippen LogP contribution in [0.1, 0.15) is 19.3 Å². The van der Waals surface area contributed by atoms with Gasteiger partial charge in [-0.15, -0.1) is 11.3 Å². The minimum absolute atomic E-state index is 0.835. The van der Waals surface area contributed by atoms with E-state index in [1.165, 1.54) is 24.4 Å². The highest BCUT2D eigenvalue weighted by Gasteiger charge is 2.19. The molecule has 1 aromatic heterocycles. The lowest BCUT2D eigenvalue weighted by atomic mass is 9.94. The summed E-state index contributed by atoms with van der Waals surface area (Å²) in [5, 5.41) is 3.22. The van der Waals surface area contributed by atoms with E-state index in [1.54, 1.807) is 11.3 Å². The maximum Gasteiger partial charge on any atom is 0.185 e. The van der Waals surface area contributed by atoms with Crippen LogP contribution in [-0.4, -0.2) is 24.6 Å². The Morgan fingerprint density at radius 2 is 2.29 bits per heavy atom. The molecule has 3 nitrogen and oxygen atoms in total. The third kappa shape index (κ3) is 2.25. The zero-order valence-electron chi connectivity index (χ0n) is 8.35. The molecule has 0 aromatic carbocycles. The van der Waals surface area contributed by atoms with Gasteiger partial charge in [0.2, 0.25) is 0 Å². The number of aromatic nitrogens is 1. The van der Waals surface area contributed by atoms with Gasteiger partial charge >= 0.3 is 0 Å². The summed E-state index contributed by atoms with van der Waals surface area (Å²) in [5.41, 5.74) is 5.56. The fourth-order valence-electron chi connectivity index (χ4n) is 2.02. The number of thiazole rings is 1. The Morgan fingerprint density at radius 1 is 1.50 bits per heavy atom. The van der Waals surface area contributed by atoms with E-state index >= 15 is 0 Å². The smallest absolute Gasteiger partial charge is 0.185 e. The molecule has 1 fully saturated rings. The van der Waals surface area contributed by atoms with Gasteiger partial charge < -0.3 is 10.6 Å². The zero-order valence-corrected chi connectivity index (χ0v) is 9.17. The van der Waals surface area contributed by atoms with Crippen LogP contribution in [0.3, 0.4) is 0 Å². The Kier molecular flexibility index (Phi) is 3.37. The molecule has 1 aliphatic heterocycles. The average molecular weight is 211 g/mol. The molecule has 0 atom stereocenters. The third-order valence-electron chi connectivity index (χ3n) is 2.88. The number of hydrogen-bond acceptors (Lipinski definition) is 4. The van der Waals surface area contributed by atoms with Gasteiger partial charge in [-0.3, -0.25) is 0 Å². The molecule has 0 amide bonds. The summed E-state index contributed by atoms with van der Waals surface area (Å²) in [6.45, 7) is 3.14. The van der Waals surface area contributed by atoms with Crippen LogP contribution in [0.15, 0.2) is 11.6 Å². The molecule has 2 heterocycles. The van der Waals surface area contributed by atoms with Crippen molar-refractivity contribution in [2.75, 3.05) is 24.5 Å². The summed E-state index contributed by atoms with van der Waals surface area (Å²) in [4.78, 5) is 6.72. The molecule has 0 bridgehead atoms. The SMILES string of the molecule is NCCC1CCN(c2nccs2)CC1. The number of nitrogens with two attached hydrogens (primary N) is 1. The lowest BCUT2D eigenvalue weighted by Gasteiger charge is -2.31. The minimum Gasteiger partial charge on any atom is -0.348 e. The number of rotatable bonds is 3. The number of nitrogens with zero attached hydrogens (tertiary/aromatic N) is 2. The predicted molar refractivity (Wildman–Crippen MR) is 60.7 cm³/mol. The summed E-state index contributed by atoms with van der Waals surface area (Å²) < 4.78 is 0. The minimum atomic E-state index is 0.835. The van der Waals surface area contributed by atoms with Crippen molar-refractivity contribution in [1.82, 2.24) is 4.98 Å². The molecule has 78 valence electrons. The molecule has 14 heavy (non-hydrogen) atoms. The van der Waals surface area contributed by atoms with Gasteiger partial charge in [0.05, 0.1) is 0 Å². The molecule has 1 saturated heterocycles. The van der Waals surface area contributed by atoms with Crippen molar-refractivity contribution in [3.63, 3.8) is 0 Å². The quantitative estimate of drug-likeness (QED) is 0.827. The van der Waals surface area contributed by atoms with Gasteiger partial charge in [-0.05, 0) is 31.7 Å². The Hall–Kier alpha value is -0.610. The molecular weight excluding hydrogens is 194 g/mol. The monoisotopic (exact) mass is 211 g/mol. The van der Waals surface area contributed by atoms with Gasteiger partial charge in [0.1, 0.15) is 0 Å². The van der Waals surface area contributed by atoms with E-state index in [-0.39, 0.29) is 0 Å². The van der Waals surface area contributed by atoms with Crippen molar-refractivity contribution in [3.8, 4) is 0 Å². The lowest BCUT2D eigenvalue weighted by molar-refractivity contribution is 0.386. The van der Waals surface area contributed by atoms with Gasteiger partial charge in [0.15, 0.2) is 5.13 Å². The average Bonchev–Trinajstić information content (AvgIpc) is 2.72. The van der Waals surface area contributed by atoms with Crippen molar-refractivity contribution in [2.24, 2.45) is 11.7 Å². The van der Waals surface area contributed by atoms with Crippen LogP contribution in [0.25, 0.3) is 0 Å². The number of piperidine rings is 1. The van der Waals surface area contributed by atoms with Crippen LogP contribution in [0.5, 0.6) is 0 Å². The molecule has 0 unspecified atom stereocenters. The van der Waals surface area contributed by atoms with Crippen molar-refractivity contribution in [1.29, 1.82) is 0 Å². The Labute approximate surface area is 88.9 Å². The van der Waals surface area contributed by atoms with Gasteiger partial charge in [-0.1, -0.05) is 0 Å². The molecule has 2 N–H and O–H groups in total. The van der Waals surface area contributed by atoms with Crippen molar-refractivity contribution >= 4 is 16.5 Å². The summed E-state index contributed by atoms with van der Waals surface area (Å²) in [6.07, 6.45) is 5.62. The number of hydrogen-bond donors (Lipinski definition) is 1. The first kappa shape index (κ1) is 9.93. The zero-order chi connectivity index (χ0) is 9.80. The van der Waals surface area contributed by atoms with E-state index in [1.807, 2.05) is 11.6 Å². The maximum atomic E-state index is 5.56. The van der Waals surface area contributed by atoms with E-state index in [2.05, 4.69) is 9.88 Å². The van der Waals surface area contributed by atoms with Crippen LogP contribution in [0, 0.1) is 5.92 Å². The standard InChI is InChI=1S/C10H17N3S/c11-4-1-9-2-6-13(7-3-9)10-12-5-8-14-10/h5,8-9H,1-4,6-7,11H2. The lowest BCUT2D eigenvalue weighted by Crippen LogP contribution is -2.34. The van der Waals surface area contributed by atoms with Crippen LogP contribution in [0.4, 0.5) is 5.13 Å². The van der Waals surface area contributed by atoms with E-state index in [0.29, 0.717) is 0 Å². The Morgan fingerprint density at radius 3 is 2.86 bits per heavy atom. The van der Waals surface area contributed by atoms with Crippen LogP contribution < -0.4 is 10.6 Å². The highest BCUT2D eigenvalue weighted by molar-refractivity contribution is 7.13. The molecule has 0 aliphatic carbocycles. The molecule has 1 aliphatic rings. The maximum absolute atomic E-state index is 5.56. The largest absolute Gasteiger partial charge is 0.348 e. The van der Waals surface area contributed by atoms with Crippen molar-refractivity contribution < 1.29 is 0 Å². The first-order chi connectivity index (χ1) is 6.90. The number of anilines is 1. The summed E-state index contributed by atoms with van der Waals surface area (Å²) in [5.74, 6) is 0.844. The molecule has 2 rings (SSSR count). The van der Waals surface area contributed by atoms with Crippen LogP contribution >= 0.6 is 11.3 Å². The Bertz CT molecular complexity index is 252. The van der Waals surface area contributed by atoms with Crippen LogP contribution in [0.2, 0.25) is 0 Å². The van der Waals surface area contributed by atoms with Gasteiger partial charge in [-0.2, -0.15) is 0 Å². The van der Waals surface area contributed by atoms with E-state index < -0.39 is 0 Å². The molecular formula is C10H17N3S. The topological polar surface area (TPSA) is 42.1 Å². The van der Waals surface area contributed by atoms with Crippen LogP contribution in [-0.2, 0) is 0 Å². The second-order valence-electron chi connectivity index (χ2n) is 3.82. The van der Waals surface area contributed by atoms with E-state index in [9.17, 15) is 0 Å². The first-order valence-electron chi connectivity index (χ1n) is 5.24. The van der Waals surface area contributed by atoms with Crippen molar-refractivity contribution in [3.05, 3.63) is 11.6 Å². The predicted octanol–water partition coefficient (Wildman–Crippen LogP) is 1.71. The van der Waals surface area contributed by atoms with E-state index in [4.69, 9.17) is 5.73 Å². The third-order valence-corrected chi connectivity index (χ3v) is 3.71. The molecule has 0 saturated carbocycles. The second kappa shape index (κ2) is 4.75. The first-order valence-corrected chi connectivity index (χ1v) is 6.12. The van der Waals surface area contributed by atoms with E-state index in [0.717, 1.165) is 25.6 Å². The highest BCUT2D eigenvalue weighted by atomic mass is 32.1. The van der Waals surface area contributed by atoms with Crippen molar-refractivity contribution in [2.45, 2.75) is 19.3 Å².